The van der Waals surface area contributed by atoms with Crippen molar-refractivity contribution in [2.45, 2.75) is 32.4 Å². The molecule has 0 heterocycles. The van der Waals surface area contributed by atoms with Crippen molar-refractivity contribution < 1.29 is 19.8 Å². The fourth-order valence-electron chi connectivity index (χ4n) is 0.813. The van der Waals surface area contributed by atoms with E-state index in [4.69, 9.17) is 10.2 Å². The number of aliphatic hydroxyl groups excluding tert-OH is 1. The number of carbonyl (C=O) groups is 2. The van der Waals surface area contributed by atoms with Crippen LogP contribution in [0.4, 0.5) is 0 Å². The van der Waals surface area contributed by atoms with Crippen LogP contribution in [0, 0.1) is 0 Å². The van der Waals surface area contributed by atoms with Gasteiger partial charge < -0.3 is 15.5 Å². The predicted molar refractivity (Wildman–Crippen MR) is 58.9 cm³/mol. The number of carboxylic acid groups (broad SMARTS) is 1. The van der Waals surface area contributed by atoms with Gasteiger partial charge in [0.2, 0.25) is 5.91 Å². The Morgan fingerprint density at radius 2 is 2.07 bits per heavy atom. The van der Waals surface area contributed by atoms with Gasteiger partial charge in [-0.15, -0.1) is 0 Å². The lowest BCUT2D eigenvalue weighted by Gasteiger charge is -2.14. The molecule has 5 nitrogen and oxygen atoms in total. The maximum absolute atomic E-state index is 11.1. The second-order valence-electron chi connectivity index (χ2n) is 3.15. The van der Waals surface area contributed by atoms with Gasteiger partial charge in [0.15, 0.2) is 0 Å². The summed E-state index contributed by atoms with van der Waals surface area (Å²) in [5.74, 6) is -0.553. The van der Waals surface area contributed by atoms with E-state index in [2.05, 4.69) is 5.32 Å². The lowest BCUT2D eigenvalue weighted by molar-refractivity contribution is -0.142. The average Bonchev–Trinajstić information content (AvgIpc) is 2.15. The van der Waals surface area contributed by atoms with E-state index in [1.165, 1.54) is 18.7 Å². The Morgan fingerprint density at radius 3 is 2.47 bits per heavy atom. The maximum Gasteiger partial charge on any atom is 0.327 e. The number of hydrogen-bond acceptors (Lipinski definition) is 4. The Bertz CT molecular complexity index is 220. The van der Waals surface area contributed by atoms with Crippen LogP contribution in [0.25, 0.3) is 0 Å². The van der Waals surface area contributed by atoms with Crippen LogP contribution in [0.3, 0.4) is 0 Å². The highest BCUT2D eigenvalue weighted by Gasteiger charge is 2.21. The summed E-state index contributed by atoms with van der Waals surface area (Å²) in [5, 5.41) is 20.0. The fraction of sp³-hybridized carbons (Fsp3) is 0.778. The zero-order valence-electron chi connectivity index (χ0n) is 8.90. The second-order valence-corrected chi connectivity index (χ2v) is 4.30. The van der Waals surface area contributed by atoms with Crippen molar-refractivity contribution in [1.29, 1.82) is 0 Å². The first kappa shape index (κ1) is 14.2. The summed E-state index contributed by atoms with van der Waals surface area (Å²) >= 11 is 1.47. The van der Waals surface area contributed by atoms with Gasteiger partial charge in [0.05, 0.1) is 0 Å². The first-order valence-electron chi connectivity index (χ1n) is 4.78. The molecule has 0 aromatic carbocycles. The molecule has 0 aliphatic carbocycles. The van der Waals surface area contributed by atoms with Crippen molar-refractivity contribution in [3.8, 4) is 0 Å². The van der Waals surface area contributed by atoms with Gasteiger partial charge in [-0.2, -0.15) is 11.8 Å². The molecule has 0 aromatic heterocycles. The molecule has 0 radical (unpaired) electrons. The van der Waals surface area contributed by atoms with Crippen LogP contribution < -0.4 is 5.32 Å². The van der Waals surface area contributed by atoms with Gasteiger partial charge in [0.25, 0.3) is 0 Å². The van der Waals surface area contributed by atoms with E-state index < -0.39 is 24.0 Å². The molecule has 6 heteroatoms. The number of rotatable bonds is 7. The molecule has 2 unspecified atom stereocenters. The zero-order valence-corrected chi connectivity index (χ0v) is 9.71. The number of carboxylic acids is 1. The molecule has 0 bridgehead atoms. The normalized spacial score (nSPS) is 14.3. The molecule has 0 rings (SSSR count). The Labute approximate surface area is 93.2 Å². The molecule has 0 saturated heterocycles. The van der Waals surface area contributed by atoms with Crippen molar-refractivity contribution in [2.75, 3.05) is 11.5 Å². The third-order valence-electron chi connectivity index (χ3n) is 1.63. The van der Waals surface area contributed by atoms with Gasteiger partial charge in [0, 0.05) is 5.75 Å². The van der Waals surface area contributed by atoms with E-state index >= 15 is 0 Å². The number of thioether (sulfide) groups is 1. The van der Waals surface area contributed by atoms with Gasteiger partial charge >= 0.3 is 5.97 Å². The first-order valence-corrected chi connectivity index (χ1v) is 5.93. The molecule has 0 aliphatic heterocycles. The number of aliphatic hydroxyl groups is 1. The highest BCUT2D eigenvalue weighted by Crippen LogP contribution is 2.05. The third kappa shape index (κ3) is 6.35. The summed E-state index contributed by atoms with van der Waals surface area (Å²) in [6.45, 7) is 3.30. The summed E-state index contributed by atoms with van der Waals surface area (Å²) in [5.41, 5.74) is 0. The molecule has 0 saturated carbocycles. The molecule has 3 N–H and O–H groups in total. The minimum absolute atomic E-state index is 0.321. The molecule has 1 amide bonds. The van der Waals surface area contributed by atoms with Gasteiger partial charge in [0.1, 0.15) is 12.1 Å². The number of carbonyl (C=O) groups excluding carboxylic acids is 1. The van der Waals surface area contributed by atoms with Crippen molar-refractivity contribution in [3.63, 3.8) is 0 Å². The molecule has 0 aliphatic rings. The highest BCUT2D eigenvalue weighted by molar-refractivity contribution is 7.99. The minimum Gasteiger partial charge on any atom is -0.480 e. The van der Waals surface area contributed by atoms with Crippen molar-refractivity contribution in [3.05, 3.63) is 0 Å². The van der Waals surface area contributed by atoms with Crippen LogP contribution in [0.15, 0.2) is 0 Å². The van der Waals surface area contributed by atoms with Gasteiger partial charge in [-0.1, -0.05) is 6.92 Å². The van der Waals surface area contributed by atoms with Crippen molar-refractivity contribution in [2.24, 2.45) is 0 Å². The molecule has 0 aromatic rings. The van der Waals surface area contributed by atoms with Gasteiger partial charge in [-0.05, 0) is 19.1 Å². The standard InChI is InChI=1S/C9H17NO4S/c1-3-4-15-5-7(9(13)14)10-8(12)6(2)11/h6-7,11H,3-5H2,1-2H3,(H,10,12)(H,13,14). The molecule has 88 valence electrons. The fourth-order valence-corrected chi connectivity index (χ4v) is 1.73. The number of amides is 1. The molecule has 2 atom stereocenters. The largest absolute Gasteiger partial charge is 0.480 e. The smallest absolute Gasteiger partial charge is 0.327 e. The zero-order chi connectivity index (χ0) is 11.8. The first-order chi connectivity index (χ1) is 6.99. The average molecular weight is 235 g/mol. The number of hydrogen-bond donors (Lipinski definition) is 3. The van der Waals surface area contributed by atoms with Crippen LogP contribution in [-0.2, 0) is 9.59 Å². The summed E-state index contributed by atoms with van der Waals surface area (Å²) < 4.78 is 0. The van der Waals surface area contributed by atoms with E-state index in [1.54, 1.807) is 0 Å². The SMILES string of the molecule is CCCSCC(NC(=O)C(C)O)C(=O)O. The van der Waals surface area contributed by atoms with E-state index in [0.717, 1.165) is 12.2 Å². The Hall–Kier alpha value is -0.750. The molecular formula is C9H17NO4S. The summed E-state index contributed by atoms with van der Waals surface area (Å²) in [4.78, 5) is 21.8. The van der Waals surface area contributed by atoms with Crippen molar-refractivity contribution in [1.82, 2.24) is 5.32 Å². The molecule has 0 fully saturated rings. The van der Waals surface area contributed by atoms with Crippen LogP contribution in [0.5, 0.6) is 0 Å². The molecular weight excluding hydrogens is 218 g/mol. The van der Waals surface area contributed by atoms with E-state index in [9.17, 15) is 9.59 Å². The summed E-state index contributed by atoms with van der Waals surface area (Å²) in [6.07, 6.45) is -0.218. The minimum atomic E-state index is -1.18. The van der Waals surface area contributed by atoms with Crippen LogP contribution in [-0.4, -0.2) is 45.7 Å². The Balaban J connectivity index is 4.05. The lowest BCUT2D eigenvalue weighted by Crippen LogP contribution is -2.46. The summed E-state index contributed by atoms with van der Waals surface area (Å²) in [7, 11) is 0. The highest BCUT2D eigenvalue weighted by atomic mass is 32.2. The van der Waals surface area contributed by atoms with E-state index in [1.807, 2.05) is 6.92 Å². The Kier molecular flexibility index (Phi) is 7.15. The van der Waals surface area contributed by atoms with Crippen LogP contribution in [0.2, 0.25) is 0 Å². The Morgan fingerprint density at radius 1 is 1.47 bits per heavy atom. The maximum atomic E-state index is 11.1. The second kappa shape index (κ2) is 7.53. The molecule has 15 heavy (non-hydrogen) atoms. The summed E-state index contributed by atoms with van der Waals surface area (Å²) in [6, 6.07) is -0.927. The quantitative estimate of drug-likeness (QED) is 0.544. The number of nitrogens with one attached hydrogen (secondary N) is 1. The van der Waals surface area contributed by atoms with Gasteiger partial charge in [-0.25, -0.2) is 4.79 Å². The van der Waals surface area contributed by atoms with Gasteiger partial charge in [-0.3, -0.25) is 4.79 Å². The predicted octanol–water partition coefficient (Wildman–Crippen LogP) is 0.0798. The monoisotopic (exact) mass is 235 g/mol. The third-order valence-corrected chi connectivity index (χ3v) is 2.89. The topological polar surface area (TPSA) is 86.6 Å². The molecule has 0 spiro atoms. The number of aliphatic carboxylic acids is 1. The van der Waals surface area contributed by atoms with E-state index in [0.29, 0.717) is 5.75 Å². The van der Waals surface area contributed by atoms with Crippen LogP contribution >= 0.6 is 11.8 Å². The van der Waals surface area contributed by atoms with Crippen LogP contribution in [0.1, 0.15) is 20.3 Å². The lowest BCUT2D eigenvalue weighted by atomic mass is 10.3. The van der Waals surface area contributed by atoms with Crippen molar-refractivity contribution >= 4 is 23.6 Å². The van der Waals surface area contributed by atoms with E-state index in [-0.39, 0.29) is 0 Å².